The molecule has 2 atom stereocenters. The molecule has 0 saturated carbocycles. The minimum Gasteiger partial charge on any atom is -0.497 e. The molecule has 112 valence electrons. The predicted molar refractivity (Wildman–Crippen MR) is 83.7 cm³/mol. The van der Waals surface area contributed by atoms with Gasteiger partial charge in [0.1, 0.15) is 5.75 Å². The van der Waals surface area contributed by atoms with Gasteiger partial charge in [-0.15, -0.1) is 0 Å². The average Bonchev–Trinajstić information content (AvgIpc) is 2.93. The second-order valence-electron chi connectivity index (χ2n) is 5.70. The third-order valence-corrected chi connectivity index (χ3v) is 4.27. The number of likely N-dealkylation sites (N-methyl/N-ethyl adjacent to an activating group) is 1. The fourth-order valence-electron chi connectivity index (χ4n) is 3.27. The Morgan fingerprint density at radius 2 is 2.29 bits per heavy atom. The van der Waals surface area contributed by atoms with E-state index in [4.69, 9.17) is 4.74 Å². The maximum atomic E-state index is 5.35. The fraction of sp³-hybridized carbons (Fsp3) is 0.471. The summed E-state index contributed by atoms with van der Waals surface area (Å²) in [5, 5.41) is 8.16. The number of hydrogen-bond donors (Lipinski definition) is 1. The molecule has 4 nitrogen and oxygen atoms in total. The van der Waals surface area contributed by atoms with Gasteiger partial charge in [-0.2, -0.15) is 5.10 Å². The lowest BCUT2D eigenvalue weighted by Crippen LogP contribution is -2.34. The lowest BCUT2D eigenvalue weighted by atomic mass is 9.84. The molecule has 1 aliphatic rings. The zero-order valence-electron chi connectivity index (χ0n) is 13.0. The highest BCUT2D eigenvalue weighted by molar-refractivity contribution is 5.40. The van der Waals surface area contributed by atoms with Crippen LogP contribution in [0.3, 0.4) is 0 Å². The fourth-order valence-corrected chi connectivity index (χ4v) is 3.27. The molecule has 0 bridgehead atoms. The van der Waals surface area contributed by atoms with Gasteiger partial charge in [-0.3, -0.25) is 4.68 Å². The second-order valence-corrected chi connectivity index (χ2v) is 5.70. The van der Waals surface area contributed by atoms with E-state index >= 15 is 0 Å². The van der Waals surface area contributed by atoms with Crippen molar-refractivity contribution in [3.63, 3.8) is 0 Å². The summed E-state index contributed by atoms with van der Waals surface area (Å²) in [4.78, 5) is 0. The molecule has 21 heavy (non-hydrogen) atoms. The molecule has 3 rings (SSSR count). The molecule has 0 radical (unpaired) electrons. The summed E-state index contributed by atoms with van der Waals surface area (Å²) in [6.07, 6.45) is 6.24. The van der Waals surface area contributed by atoms with E-state index < -0.39 is 0 Å². The monoisotopic (exact) mass is 285 g/mol. The number of methoxy groups -OCH3 is 1. The highest BCUT2D eigenvalue weighted by Gasteiger charge is 2.30. The molecule has 2 unspecified atom stereocenters. The molecule has 1 N–H and O–H groups in total. The molecule has 0 aliphatic heterocycles. The number of ether oxygens (including phenoxy) is 1. The third kappa shape index (κ3) is 2.68. The molecule has 0 amide bonds. The van der Waals surface area contributed by atoms with Gasteiger partial charge in [-0.05, 0) is 55.1 Å². The quantitative estimate of drug-likeness (QED) is 0.938. The first kappa shape index (κ1) is 14.1. The van der Waals surface area contributed by atoms with Crippen LogP contribution in [0.1, 0.15) is 42.1 Å². The van der Waals surface area contributed by atoms with Crippen molar-refractivity contribution >= 4 is 0 Å². The zero-order chi connectivity index (χ0) is 14.8. The number of fused-ring (bicyclic) bond motifs is 1. The van der Waals surface area contributed by atoms with Gasteiger partial charge in [0.25, 0.3) is 0 Å². The number of benzene rings is 1. The van der Waals surface area contributed by atoms with E-state index in [9.17, 15) is 0 Å². The Balaban J connectivity index is 1.97. The van der Waals surface area contributed by atoms with Crippen LogP contribution >= 0.6 is 0 Å². The van der Waals surface area contributed by atoms with Gasteiger partial charge >= 0.3 is 0 Å². The smallest absolute Gasteiger partial charge is 0.119 e. The predicted octanol–water partition coefficient (Wildman–Crippen LogP) is 3.04. The molecule has 1 heterocycles. The number of aryl methyl sites for hydroxylation is 2. The summed E-state index contributed by atoms with van der Waals surface area (Å²) in [7, 11) is 1.72. The first-order valence-electron chi connectivity index (χ1n) is 7.64. The van der Waals surface area contributed by atoms with Crippen molar-refractivity contribution in [1.82, 2.24) is 15.1 Å². The largest absolute Gasteiger partial charge is 0.497 e. The number of nitrogens with one attached hydrogen (secondary N) is 1. The normalized spacial score (nSPS) is 21.1. The van der Waals surface area contributed by atoms with Gasteiger partial charge < -0.3 is 10.1 Å². The van der Waals surface area contributed by atoms with Crippen molar-refractivity contribution in [1.29, 1.82) is 0 Å². The Kier molecular flexibility index (Phi) is 3.97. The van der Waals surface area contributed by atoms with Crippen LogP contribution in [0.2, 0.25) is 0 Å². The van der Waals surface area contributed by atoms with E-state index in [0.717, 1.165) is 25.1 Å². The van der Waals surface area contributed by atoms with Gasteiger partial charge in [0.2, 0.25) is 0 Å². The molecule has 1 aromatic heterocycles. The van der Waals surface area contributed by atoms with Crippen LogP contribution in [0.25, 0.3) is 0 Å². The SMILES string of the molecule is CCNC1c2ccc(OC)cc2CCC1n1cc(C)cn1. The molecular formula is C17H23N3O. The summed E-state index contributed by atoms with van der Waals surface area (Å²) >= 11 is 0. The zero-order valence-corrected chi connectivity index (χ0v) is 13.0. The maximum absolute atomic E-state index is 5.35. The van der Waals surface area contributed by atoms with E-state index in [1.54, 1.807) is 7.11 Å². The highest BCUT2D eigenvalue weighted by atomic mass is 16.5. The summed E-state index contributed by atoms with van der Waals surface area (Å²) in [6.45, 7) is 5.20. The van der Waals surface area contributed by atoms with Crippen LogP contribution in [0.4, 0.5) is 0 Å². The van der Waals surface area contributed by atoms with Crippen molar-refractivity contribution in [3.05, 3.63) is 47.3 Å². The van der Waals surface area contributed by atoms with Crippen LogP contribution in [-0.2, 0) is 6.42 Å². The first-order valence-corrected chi connectivity index (χ1v) is 7.64. The van der Waals surface area contributed by atoms with E-state index in [1.165, 1.54) is 16.7 Å². The Labute approximate surface area is 126 Å². The Morgan fingerprint density at radius 3 is 2.95 bits per heavy atom. The molecular weight excluding hydrogens is 262 g/mol. The molecule has 1 aliphatic carbocycles. The standard InChI is InChI=1S/C17H23N3O/c1-4-18-17-15-7-6-14(21-3)9-13(15)5-8-16(17)20-11-12(2)10-19-20/h6-7,9-11,16-18H,4-5,8H2,1-3H3. The molecule has 0 fully saturated rings. The van der Waals surface area contributed by atoms with Crippen molar-refractivity contribution in [3.8, 4) is 5.75 Å². The summed E-state index contributed by atoms with van der Waals surface area (Å²) in [5.74, 6) is 0.942. The minimum atomic E-state index is 0.309. The van der Waals surface area contributed by atoms with Crippen LogP contribution in [0, 0.1) is 6.92 Å². The van der Waals surface area contributed by atoms with E-state index in [-0.39, 0.29) is 0 Å². The lowest BCUT2D eigenvalue weighted by molar-refractivity contribution is 0.299. The lowest BCUT2D eigenvalue weighted by Gasteiger charge is -2.34. The van der Waals surface area contributed by atoms with Gasteiger partial charge in [0.15, 0.2) is 0 Å². The van der Waals surface area contributed by atoms with Gasteiger partial charge in [-0.25, -0.2) is 0 Å². The summed E-state index contributed by atoms with van der Waals surface area (Å²) < 4.78 is 7.47. The number of hydrogen-bond acceptors (Lipinski definition) is 3. The highest BCUT2D eigenvalue weighted by Crippen LogP contribution is 2.38. The minimum absolute atomic E-state index is 0.309. The third-order valence-electron chi connectivity index (χ3n) is 4.27. The van der Waals surface area contributed by atoms with Gasteiger partial charge in [-0.1, -0.05) is 13.0 Å². The number of rotatable bonds is 4. The number of nitrogens with zero attached hydrogens (tertiary/aromatic N) is 2. The maximum Gasteiger partial charge on any atom is 0.119 e. The average molecular weight is 285 g/mol. The van der Waals surface area contributed by atoms with Crippen LogP contribution in [0.5, 0.6) is 5.75 Å². The molecule has 0 spiro atoms. The van der Waals surface area contributed by atoms with Crippen molar-refractivity contribution < 1.29 is 4.74 Å². The molecule has 2 aromatic rings. The Bertz CT molecular complexity index is 620. The molecule has 0 saturated heterocycles. The Morgan fingerprint density at radius 1 is 1.43 bits per heavy atom. The van der Waals surface area contributed by atoms with Crippen LogP contribution < -0.4 is 10.1 Å². The van der Waals surface area contributed by atoms with Crippen LogP contribution in [0.15, 0.2) is 30.6 Å². The van der Waals surface area contributed by atoms with Crippen molar-refractivity contribution in [2.45, 2.75) is 38.8 Å². The first-order chi connectivity index (χ1) is 10.2. The van der Waals surface area contributed by atoms with Crippen LogP contribution in [-0.4, -0.2) is 23.4 Å². The summed E-state index contributed by atoms with van der Waals surface area (Å²) in [6, 6.07) is 7.11. The second kappa shape index (κ2) is 5.90. The van der Waals surface area contributed by atoms with Crippen molar-refractivity contribution in [2.75, 3.05) is 13.7 Å². The van der Waals surface area contributed by atoms with E-state index in [0.29, 0.717) is 12.1 Å². The van der Waals surface area contributed by atoms with Gasteiger partial charge in [0.05, 0.1) is 25.4 Å². The summed E-state index contributed by atoms with van der Waals surface area (Å²) in [5.41, 5.74) is 3.98. The Hall–Kier alpha value is -1.81. The van der Waals surface area contributed by atoms with E-state index in [1.807, 2.05) is 6.20 Å². The topological polar surface area (TPSA) is 39.1 Å². The van der Waals surface area contributed by atoms with Gasteiger partial charge in [0, 0.05) is 6.20 Å². The molecule has 4 heteroatoms. The number of aromatic nitrogens is 2. The van der Waals surface area contributed by atoms with E-state index in [2.05, 4.69) is 53.3 Å². The van der Waals surface area contributed by atoms with Crippen molar-refractivity contribution in [2.24, 2.45) is 0 Å². The molecule has 1 aromatic carbocycles.